The lowest BCUT2D eigenvalue weighted by Gasteiger charge is -2.15. The van der Waals surface area contributed by atoms with Crippen LogP contribution in [0.2, 0.25) is 0 Å². The van der Waals surface area contributed by atoms with E-state index in [0.717, 1.165) is 38.3 Å². The van der Waals surface area contributed by atoms with Crippen molar-refractivity contribution >= 4 is 0 Å². The Balaban J connectivity index is 2.54. The number of hydrogen-bond donors (Lipinski definition) is 0. The smallest absolute Gasteiger partial charge is 0.119 e. The van der Waals surface area contributed by atoms with Gasteiger partial charge in [0.15, 0.2) is 0 Å². The van der Waals surface area contributed by atoms with Crippen molar-refractivity contribution in [3.8, 4) is 5.75 Å². The zero-order valence-corrected chi connectivity index (χ0v) is 11.6. The summed E-state index contributed by atoms with van der Waals surface area (Å²) in [7, 11) is 2.11. The maximum Gasteiger partial charge on any atom is 0.119 e. The van der Waals surface area contributed by atoms with E-state index in [1.807, 2.05) is 0 Å². The molecule has 0 aromatic heterocycles. The van der Waals surface area contributed by atoms with Crippen LogP contribution < -0.4 is 4.74 Å². The highest BCUT2D eigenvalue weighted by molar-refractivity contribution is 5.35. The third-order valence-electron chi connectivity index (χ3n) is 3.22. The van der Waals surface area contributed by atoms with Gasteiger partial charge in [0.05, 0.1) is 0 Å². The zero-order valence-electron chi connectivity index (χ0n) is 11.6. The van der Waals surface area contributed by atoms with Crippen molar-refractivity contribution < 1.29 is 4.74 Å². The van der Waals surface area contributed by atoms with Crippen molar-refractivity contribution in [3.05, 3.63) is 29.3 Å². The lowest BCUT2D eigenvalue weighted by molar-refractivity contribution is 0.243. The summed E-state index contributed by atoms with van der Waals surface area (Å²) >= 11 is 0. The van der Waals surface area contributed by atoms with Gasteiger partial charge in [0.2, 0.25) is 0 Å². The van der Waals surface area contributed by atoms with Gasteiger partial charge in [-0.1, -0.05) is 26.8 Å². The van der Waals surface area contributed by atoms with Crippen molar-refractivity contribution in [2.45, 2.75) is 33.6 Å². The predicted molar refractivity (Wildman–Crippen MR) is 73.9 cm³/mol. The molecule has 0 aliphatic carbocycles. The van der Waals surface area contributed by atoms with E-state index in [1.165, 1.54) is 11.1 Å². The van der Waals surface area contributed by atoms with Gasteiger partial charge < -0.3 is 9.64 Å². The van der Waals surface area contributed by atoms with Crippen LogP contribution in [0.15, 0.2) is 18.2 Å². The third kappa shape index (κ3) is 4.39. The number of aryl methyl sites for hydroxylation is 2. The predicted octanol–water partition coefficient (Wildman–Crippen LogP) is 3.14. The molecule has 0 saturated carbocycles. The number of nitrogens with zero attached hydrogens (tertiary/aromatic N) is 1. The number of hydrogen-bond acceptors (Lipinski definition) is 2. The molecule has 0 unspecified atom stereocenters. The monoisotopic (exact) mass is 235 g/mol. The highest BCUT2D eigenvalue weighted by Gasteiger charge is 2.02. The summed E-state index contributed by atoms with van der Waals surface area (Å²) in [5, 5.41) is 0. The second kappa shape index (κ2) is 7.33. The Morgan fingerprint density at radius 2 is 1.76 bits per heavy atom. The van der Waals surface area contributed by atoms with Crippen LogP contribution in [0, 0.1) is 0 Å². The molecule has 2 nitrogen and oxygen atoms in total. The summed E-state index contributed by atoms with van der Waals surface area (Å²) in [4.78, 5) is 2.25. The molecule has 0 saturated heterocycles. The van der Waals surface area contributed by atoms with E-state index < -0.39 is 0 Å². The molecule has 0 amide bonds. The average molecular weight is 235 g/mol. The van der Waals surface area contributed by atoms with Crippen molar-refractivity contribution in [2.75, 3.05) is 26.7 Å². The fourth-order valence-corrected chi connectivity index (χ4v) is 1.84. The molecular weight excluding hydrogens is 210 g/mol. The SMILES string of the molecule is CCc1ccc(OCCN(C)CC)cc1CC. The van der Waals surface area contributed by atoms with Crippen LogP contribution in [0.25, 0.3) is 0 Å². The maximum atomic E-state index is 5.78. The lowest BCUT2D eigenvalue weighted by Crippen LogP contribution is -2.23. The van der Waals surface area contributed by atoms with Crippen LogP contribution in [-0.4, -0.2) is 31.6 Å². The van der Waals surface area contributed by atoms with Crippen LogP contribution in [0.5, 0.6) is 5.75 Å². The quantitative estimate of drug-likeness (QED) is 0.720. The molecule has 0 bridgehead atoms. The maximum absolute atomic E-state index is 5.78. The molecule has 0 aliphatic rings. The van der Waals surface area contributed by atoms with E-state index in [0.29, 0.717) is 0 Å². The van der Waals surface area contributed by atoms with Gasteiger partial charge >= 0.3 is 0 Å². The standard InChI is InChI=1S/C15H25NO/c1-5-13-8-9-15(12-14(13)6-2)17-11-10-16(4)7-3/h8-9,12H,5-7,10-11H2,1-4H3. The lowest BCUT2D eigenvalue weighted by atomic mass is 10.0. The fraction of sp³-hybridized carbons (Fsp3) is 0.600. The van der Waals surface area contributed by atoms with Gasteiger partial charge in [0.25, 0.3) is 0 Å². The zero-order chi connectivity index (χ0) is 12.7. The molecule has 0 aliphatic heterocycles. The van der Waals surface area contributed by atoms with Crippen LogP contribution in [0.1, 0.15) is 31.9 Å². The van der Waals surface area contributed by atoms with Crippen molar-refractivity contribution in [1.82, 2.24) is 4.90 Å². The minimum absolute atomic E-state index is 0.763. The first-order valence-electron chi connectivity index (χ1n) is 6.64. The van der Waals surface area contributed by atoms with Gasteiger partial charge in [-0.05, 0) is 49.7 Å². The van der Waals surface area contributed by atoms with Gasteiger partial charge in [-0.3, -0.25) is 0 Å². The molecule has 0 atom stereocenters. The number of likely N-dealkylation sites (N-methyl/N-ethyl adjacent to an activating group) is 1. The van der Waals surface area contributed by atoms with E-state index >= 15 is 0 Å². The van der Waals surface area contributed by atoms with Crippen LogP contribution in [-0.2, 0) is 12.8 Å². The number of rotatable bonds is 7. The van der Waals surface area contributed by atoms with Crippen molar-refractivity contribution in [3.63, 3.8) is 0 Å². The Bertz CT molecular complexity index is 336. The molecule has 1 aromatic rings. The van der Waals surface area contributed by atoms with E-state index in [4.69, 9.17) is 4.74 Å². The Labute approximate surface area is 106 Å². The Morgan fingerprint density at radius 1 is 1.06 bits per heavy atom. The summed E-state index contributed by atoms with van der Waals surface area (Å²) in [6, 6.07) is 6.46. The number of ether oxygens (including phenoxy) is 1. The van der Waals surface area contributed by atoms with E-state index in [9.17, 15) is 0 Å². The Morgan fingerprint density at radius 3 is 2.35 bits per heavy atom. The van der Waals surface area contributed by atoms with Crippen LogP contribution in [0.3, 0.4) is 0 Å². The largest absolute Gasteiger partial charge is 0.492 e. The first-order chi connectivity index (χ1) is 8.21. The summed E-state index contributed by atoms with van der Waals surface area (Å²) in [6.07, 6.45) is 2.18. The van der Waals surface area contributed by atoms with Gasteiger partial charge in [-0.25, -0.2) is 0 Å². The van der Waals surface area contributed by atoms with Gasteiger partial charge in [0.1, 0.15) is 12.4 Å². The molecule has 1 rings (SSSR count). The van der Waals surface area contributed by atoms with E-state index in [1.54, 1.807) is 0 Å². The van der Waals surface area contributed by atoms with Crippen LogP contribution >= 0.6 is 0 Å². The highest BCUT2D eigenvalue weighted by atomic mass is 16.5. The highest BCUT2D eigenvalue weighted by Crippen LogP contribution is 2.19. The average Bonchev–Trinajstić information content (AvgIpc) is 2.38. The summed E-state index contributed by atoms with van der Waals surface area (Å²) in [5.74, 6) is 1.00. The normalized spacial score (nSPS) is 10.9. The minimum atomic E-state index is 0.763. The fourth-order valence-electron chi connectivity index (χ4n) is 1.84. The Hall–Kier alpha value is -1.02. The van der Waals surface area contributed by atoms with Crippen LogP contribution in [0.4, 0.5) is 0 Å². The summed E-state index contributed by atoms with van der Waals surface area (Å²) in [6.45, 7) is 9.37. The van der Waals surface area contributed by atoms with Gasteiger partial charge in [-0.15, -0.1) is 0 Å². The molecule has 1 aromatic carbocycles. The second-order valence-corrected chi connectivity index (χ2v) is 4.38. The van der Waals surface area contributed by atoms with E-state index in [2.05, 4.69) is 50.9 Å². The molecule has 0 radical (unpaired) electrons. The minimum Gasteiger partial charge on any atom is -0.492 e. The molecule has 0 N–H and O–H groups in total. The van der Waals surface area contributed by atoms with Gasteiger partial charge in [-0.2, -0.15) is 0 Å². The molecule has 0 heterocycles. The summed E-state index contributed by atoms with van der Waals surface area (Å²) < 4.78 is 5.78. The topological polar surface area (TPSA) is 12.5 Å². The molecular formula is C15H25NO. The van der Waals surface area contributed by atoms with Crippen molar-refractivity contribution in [1.29, 1.82) is 0 Å². The molecule has 2 heteroatoms. The first-order valence-corrected chi connectivity index (χ1v) is 6.64. The van der Waals surface area contributed by atoms with Gasteiger partial charge in [0, 0.05) is 6.54 Å². The molecule has 17 heavy (non-hydrogen) atoms. The third-order valence-corrected chi connectivity index (χ3v) is 3.22. The summed E-state index contributed by atoms with van der Waals surface area (Å²) in [5.41, 5.74) is 2.85. The molecule has 0 spiro atoms. The van der Waals surface area contributed by atoms with Crippen molar-refractivity contribution in [2.24, 2.45) is 0 Å². The van der Waals surface area contributed by atoms with E-state index in [-0.39, 0.29) is 0 Å². The first kappa shape index (κ1) is 14.0. The number of benzene rings is 1. The second-order valence-electron chi connectivity index (χ2n) is 4.38. The Kier molecular flexibility index (Phi) is 6.06. The molecule has 0 fully saturated rings. The molecule has 96 valence electrons.